The lowest BCUT2D eigenvalue weighted by Gasteiger charge is -2.06. The fourth-order valence-electron chi connectivity index (χ4n) is 2.25. The van der Waals surface area contributed by atoms with Crippen molar-refractivity contribution >= 4 is 17.3 Å². The maximum absolute atomic E-state index is 13.4. The van der Waals surface area contributed by atoms with E-state index >= 15 is 0 Å². The number of rotatable bonds is 4. The van der Waals surface area contributed by atoms with Crippen LogP contribution in [-0.4, -0.2) is 27.3 Å². The summed E-state index contributed by atoms with van der Waals surface area (Å²) in [6, 6.07) is 7.96. The van der Waals surface area contributed by atoms with Gasteiger partial charge in [-0.25, -0.2) is 14.5 Å². The van der Waals surface area contributed by atoms with E-state index in [9.17, 15) is 18.0 Å². The van der Waals surface area contributed by atoms with Crippen LogP contribution < -0.4 is 0 Å². The first-order valence-electron chi connectivity index (χ1n) is 7.67. The van der Waals surface area contributed by atoms with Gasteiger partial charge in [0.05, 0.1) is 12.3 Å². The molecule has 1 aromatic carbocycles. The Balaban J connectivity index is 2.06. The molecule has 0 amide bonds. The molecule has 2 aromatic heterocycles. The number of aryl methyl sites for hydroxylation is 1. The minimum Gasteiger partial charge on any atom is -0.461 e. The number of alkyl halides is 3. The number of halogens is 3. The predicted octanol–water partition coefficient (Wildman–Crippen LogP) is 4.50. The van der Waals surface area contributed by atoms with Crippen molar-refractivity contribution in [2.45, 2.75) is 20.0 Å². The molecule has 0 radical (unpaired) electrons. The number of hydrogen-bond acceptors (Lipinski definition) is 5. The van der Waals surface area contributed by atoms with Gasteiger partial charge in [0.25, 0.3) is 0 Å². The monoisotopic (exact) mass is 381 g/mol. The Bertz CT molecular complexity index is 930. The van der Waals surface area contributed by atoms with Crippen LogP contribution in [0.15, 0.2) is 35.7 Å². The van der Waals surface area contributed by atoms with Gasteiger partial charge in [-0.15, -0.1) is 11.3 Å². The van der Waals surface area contributed by atoms with E-state index in [0.29, 0.717) is 10.2 Å². The molecule has 0 unspecified atom stereocenters. The summed E-state index contributed by atoms with van der Waals surface area (Å²) in [7, 11) is 0. The molecule has 0 fully saturated rings. The van der Waals surface area contributed by atoms with Crippen molar-refractivity contribution in [2.75, 3.05) is 6.61 Å². The van der Waals surface area contributed by atoms with Crippen molar-refractivity contribution in [1.29, 1.82) is 0 Å². The molecule has 0 spiro atoms. The van der Waals surface area contributed by atoms with Gasteiger partial charge in [-0.1, -0.05) is 29.8 Å². The highest BCUT2D eigenvalue weighted by Crippen LogP contribution is 2.34. The molecular formula is C17H14F3N3O2S. The molecule has 3 aromatic rings. The molecule has 0 bridgehead atoms. The smallest absolute Gasteiger partial charge is 0.433 e. The lowest BCUT2D eigenvalue weighted by molar-refractivity contribution is -0.142. The van der Waals surface area contributed by atoms with Gasteiger partial charge in [0.1, 0.15) is 0 Å². The zero-order valence-electron chi connectivity index (χ0n) is 13.9. The number of carbonyl (C=O) groups excluding carboxylic acids is 1. The first-order chi connectivity index (χ1) is 12.3. The third-order valence-electron chi connectivity index (χ3n) is 3.50. The van der Waals surface area contributed by atoms with Crippen LogP contribution in [0.3, 0.4) is 0 Å². The highest BCUT2D eigenvalue weighted by Gasteiger charge is 2.37. The second-order valence-electron chi connectivity index (χ2n) is 5.43. The number of benzene rings is 1. The van der Waals surface area contributed by atoms with E-state index in [1.54, 1.807) is 31.2 Å². The molecule has 0 atom stereocenters. The van der Waals surface area contributed by atoms with Crippen LogP contribution >= 0.6 is 11.3 Å². The number of hydrogen-bond donors (Lipinski definition) is 0. The largest absolute Gasteiger partial charge is 0.461 e. The van der Waals surface area contributed by atoms with Crippen LogP contribution in [0.4, 0.5) is 13.2 Å². The van der Waals surface area contributed by atoms with E-state index in [4.69, 9.17) is 4.74 Å². The fourth-order valence-corrected chi connectivity index (χ4v) is 3.01. The van der Waals surface area contributed by atoms with Crippen molar-refractivity contribution in [2.24, 2.45) is 0 Å². The Morgan fingerprint density at radius 2 is 1.96 bits per heavy atom. The van der Waals surface area contributed by atoms with Crippen molar-refractivity contribution < 1.29 is 22.7 Å². The summed E-state index contributed by atoms with van der Waals surface area (Å²) >= 11 is 0.887. The SMILES string of the molecule is CCOC(=O)c1csc(-n2nc(-c3ccc(C)cc3)cc2C(F)(F)F)n1. The van der Waals surface area contributed by atoms with Gasteiger partial charge in [-0.3, -0.25) is 0 Å². The summed E-state index contributed by atoms with van der Waals surface area (Å²) in [6.07, 6.45) is -4.62. The molecule has 3 rings (SSSR count). The van der Waals surface area contributed by atoms with Crippen molar-refractivity contribution in [3.05, 3.63) is 52.7 Å². The lowest BCUT2D eigenvalue weighted by Crippen LogP contribution is -2.13. The highest BCUT2D eigenvalue weighted by molar-refractivity contribution is 7.12. The third-order valence-corrected chi connectivity index (χ3v) is 4.32. The Hall–Kier alpha value is -2.68. The predicted molar refractivity (Wildman–Crippen MR) is 90.4 cm³/mol. The van der Waals surface area contributed by atoms with Crippen LogP contribution in [-0.2, 0) is 10.9 Å². The molecule has 0 aliphatic rings. The number of aromatic nitrogens is 3. The maximum atomic E-state index is 13.4. The quantitative estimate of drug-likeness (QED) is 0.625. The molecule has 26 heavy (non-hydrogen) atoms. The van der Waals surface area contributed by atoms with Gasteiger partial charge in [0.2, 0.25) is 5.13 Å². The number of ether oxygens (including phenoxy) is 1. The van der Waals surface area contributed by atoms with E-state index < -0.39 is 17.8 Å². The average Bonchev–Trinajstić information content (AvgIpc) is 3.22. The first-order valence-corrected chi connectivity index (χ1v) is 8.55. The highest BCUT2D eigenvalue weighted by atomic mass is 32.1. The Morgan fingerprint density at radius 3 is 2.58 bits per heavy atom. The van der Waals surface area contributed by atoms with Gasteiger partial charge in [-0.05, 0) is 19.9 Å². The average molecular weight is 381 g/mol. The molecule has 0 N–H and O–H groups in total. The van der Waals surface area contributed by atoms with Gasteiger partial charge in [0.15, 0.2) is 11.4 Å². The second kappa shape index (κ2) is 6.91. The van der Waals surface area contributed by atoms with Gasteiger partial charge >= 0.3 is 12.1 Å². The topological polar surface area (TPSA) is 57.0 Å². The number of thiazole rings is 1. The number of nitrogens with zero attached hydrogens (tertiary/aromatic N) is 3. The summed E-state index contributed by atoms with van der Waals surface area (Å²) in [4.78, 5) is 15.6. The zero-order valence-corrected chi connectivity index (χ0v) is 14.7. The summed E-state index contributed by atoms with van der Waals surface area (Å²) in [6.45, 7) is 3.67. The Labute approximate surface area is 151 Å². The van der Waals surface area contributed by atoms with Crippen LogP contribution in [0, 0.1) is 6.92 Å². The molecular weight excluding hydrogens is 367 g/mol. The standard InChI is InChI=1S/C17H14F3N3O2S/c1-3-25-15(24)13-9-26-16(21-13)23-14(17(18,19)20)8-12(22-23)11-6-4-10(2)5-7-11/h4-9H,3H2,1-2H3. The van der Waals surface area contributed by atoms with Gasteiger partial charge in [-0.2, -0.15) is 18.3 Å². The van der Waals surface area contributed by atoms with Crippen molar-refractivity contribution in [1.82, 2.24) is 14.8 Å². The molecule has 136 valence electrons. The lowest BCUT2D eigenvalue weighted by atomic mass is 10.1. The summed E-state index contributed by atoms with van der Waals surface area (Å²) in [5.74, 6) is -0.686. The van der Waals surface area contributed by atoms with Gasteiger partial charge in [0, 0.05) is 10.9 Å². The Kier molecular flexibility index (Phi) is 4.82. The van der Waals surface area contributed by atoms with Crippen LogP contribution in [0.25, 0.3) is 16.4 Å². The van der Waals surface area contributed by atoms with Gasteiger partial charge < -0.3 is 4.74 Å². The minimum atomic E-state index is -4.62. The second-order valence-corrected chi connectivity index (χ2v) is 6.26. The normalized spacial score (nSPS) is 11.6. The molecule has 0 aliphatic carbocycles. The van der Waals surface area contributed by atoms with E-state index in [2.05, 4.69) is 10.1 Å². The van der Waals surface area contributed by atoms with Crippen LogP contribution in [0.1, 0.15) is 28.7 Å². The zero-order chi connectivity index (χ0) is 18.9. The van der Waals surface area contributed by atoms with Crippen LogP contribution in [0.2, 0.25) is 0 Å². The van der Waals surface area contributed by atoms with E-state index in [0.717, 1.165) is 23.0 Å². The number of carbonyl (C=O) groups is 1. The van der Waals surface area contributed by atoms with Crippen molar-refractivity contribution in [3.63, 3.8) is 0 Å². The third kappa shape index (κ3) is 3.62. The van der Waals surface area contributed by atoms with Crippen molar-refractivity contribution in [3.8, 4) is 16.4 Å². The Morgan fingerprint density at radius 1 is 1.27 bits per heavy atom. The fraction of sp³-hybridized carbons (Fsp3) is 0.235. The summed E-state index contributed by atoms with van der Waals surface area (Å²) in [5.41, 5.74) is 0.709. The molecule has 0 aliphatic heterocycles. The number of esters is 1. The molecule has 0 saturated heterocycles. The van der Waals surface area contributed by atoms with E-state index in [-0.39, 0.29) is 23.1 Å². The van der Waals surface area contributed by atoms with E-state index in [1.807, 2.05) is 6.92 Å². The molecule has 5 nitrogen and oxygen atoms in total. The minimum absolute atomic E-state index is 0.0487. The summed E-state index contributed by atoms with van der Waals surface area (Å²) < 4.78 is 45.8. The first kappa shape index (κ1) is 18.1. The molecule has 2 heterocycles. The van der Waals surface area contributed by atoms with E-state index in [1.165, 1.54) is 5.38 Å². The molecule has 9 heteroatoms. The van der Waals surface area contributed by atoms with Crippen LogP contribution in [0.5, 0.6) is 0 Å². The maximum Gasteiger partial charge on any atom is 0.433 e. The summed E-state index contributed by atoms with van der Waals surface area (Å²) in [5, 5.41) is 5.35. The molecule has 0 saturated carbocycles.